The molecule has 0 N–H and O–H groups in total. The number of Topliss-reactive ketones (excluding diaryl/α,β-unsaturated/α-hetero) is 1. The topological polar surface area (TPSA) is 73.1 Å². The zero-order valence-corrected chi connectivity index (χ0v) is 11.8. The van der Waals surface area contributed by atoms with Crippen LogP contribution in [-0.2, 0) is 9.59 Å². The number of aliphatic imine (C=N–C) groups is 1. The molecule has 0 aromatic heterocycles. The molecule has 7 nitrogen and oxygen atoms in total. The van der Waals surface area contributed by atoms with Gasteiger partial charge in [0.2, 0.25) is 0 Å². The molecule has 0 radical (unpaired) electrons. The lowest BCUT2D eigenvalue weighted by atomic mass is 10.1. The van der Waals surface area contributed by atoms with Crippen LogP contribution in [0.3, 0.4) is 0 Å². The number of likely N-dealkylation sites (N-methyl/N-ethyl adjacent to an activating group) is 2. The lowest BCUT2D eigenvalue weighted by Gasteiger charge is -2.30. The van der Waals surface area contributed by atoms with Crippen LogP contribution in [-0.4, -0.2) is 69.4 Å². The lowest BCUT2D eigenvalue weighted by molar-refractivity contribution is -0.520. The van der Waals surface area contributed by atoms with Crippen LogP contribution >= 0.6 is 15.9 Å². The Hall–Kier alpha value is -1.57. The number of hydrogen-bond acceptors (Lipinski definition) is 4. The van der Waals surface area contributed by atoms with Crippen LogP contribution in [0.5, 0.6) is 0 Å². The third-order valence-corrected chi connectivity index (χ3v) is 3.51. The minimum Gasteiger partial charge on any atom is -0.296 e. The highest BCUT2D eigenvalue weighted by atomic mass is 79.9. The van der Waals surface area contributed by atoms with Crippen molar-refractivity contribution >= 4 is 44.2 Å². The Bertz CT molecular complexity index is 525. The van der Waals surface area contributed by atoms with Crippen molar-refractivity contribution in [3.05, 3.63) is 0 Å². The number of amides is 3. The monoisotopic (exact) mass is 315 g/mol. The van der Waals surface area contributed by atoms with E-state index in [4.69, 9.17) is 0 Å². The largest absolute Gasteiger partial charge is 0.365 e. The average molecular weight is 316 g/mol. The molecule has 1 atom stereocenters. The summed E-state index contributed by atoms with van der Waals surface area (Å²) in [6.45, 7) is 1.50. The SMILES string of the molecule is CC(=O)C[N+]1=C(Br)N=C2C1C(=O)N(C)C(=O)N2C. The lowest BCUT2D eigenvalue weighted by Crippen LogP contribution is -2.61. The molecule has 0 aromatic rings. The average Bonchev–Trinajstić information content (AvgIpc) is 2.61. The number of carbonyl (C=O) groups excluding carboxylic acids is 3. The van der Waals surface area contributed by atoms with Crippen LogP contribution in [0.4, 0.5) is 4.79 Å². The first-order chi connectivity index (χ1) is 8.34. The van der Waals surface area contributed by atoms with Crippen LogP contribution in [0, 0.1) is 0 Å². The zero-order valence-electron chi connectivity index (χ0n) is 10.2. The van der Waals surface area contributed by atoms with Gasteiger partial charge in [-0.25, -0.2) is 9.37 Å². The van der Waals surface area contributed by atoms with E-state index in [1.807, 2.05) is 0 Å². The second-order valence-corrected chi connectivity index (χ2v) is 4.92. The maximum Gasteiger partial charge on any atom is 0.365 e. The molecule has 0 bridgehead atoms. The van der Waals surface area contributed by atoms with Gasteiger partial charge < -0.3 is 0 Å². The van der Waals surface area contributed by atoms with Gasteiger partial charge in [0.05, 0.1) is 15.9 Å². The molecule has 2 aliphatic heterocycles. The summed E-state index contributed by atoms with van der Waals surface area (Å²) in [7, 11) is 2.96. The summed E-state index contributed by atoms with van der Waals surface area (Å²) in [5.41, 5.74) is 0. The summed E-state index contributed by atoms with van der Waals surface area (Å²) < 4.78 is 1.93. The molecule has 3 amide bonds. The minimum absolute atomic E-state index is 0.0693. The first-order valence-electron chi connectivity index (χ1n) is 5.27. The van der Waals surface area contributed by atoms with Gasteiger partial charge in [0.25, 0.3) is 17.8 Å². The Morgan fingerprint density at radius 1 is 1.39 bits per heavy atom. The number of rotatable bonds is 2. The summed E-state index contributed by atoms with van der Waals surface area (Å²) in [4.78, 5) is 41.6. The summed E-state index contributed by atoms with van der Waals surface area (Å²) in [6, 6.07) is -1.14. The third-order valence-electron chi connectivity index (χ3n) is 2.88. The summed E-state index contributed by atoms with van der Waals surface area (Å²) in [5.74, 6) is -0.123. The first-order valence-corrected chi connectivity index (χ1v) is 6.06. The number of fused-ring (bicyclic) bond motifs is 1. The Labute approximate surface area is 112 Å². The number of imide groups is 1. The fourth-order valence-electron chi connectivity index (χ4n) is 1.97. The summed E-state index contributed by atoms with van der Waals surface area (Å²) >= 11 is 3.21. The predicted octanol–water partition coefficient (Wildman–Crippen LogP) is -0.357. The highest BCUT2D eigenvalue weighted by Gasteiger charge is 2.52. The molecule has 0 aliphatic carbocycles. The molecule has 1 saturated heterocycles. The van der Waals surface area contributed by atoms with Gasteiger partial charge in [0.1, 0.15) is 6.54 Å². The second-order valence-electron chi connectivity index (χ2n) is 4.21. The molecular formula is C10H12BrN4O3+. The van der Waals surface area contributed by atoms with Crippen LogP contribution in [0.25, 0.3) is 0 Å². The number of nitrogens with zero attached hydrogens (tertiary/aromatic N) is 4. The van der Waals surface area contributed by atoms with Gasteiger partial charge in [0, 0.05) is 14.1 Å². The van der Waals surface area contributed by atoms with Crippen molar-refractivity contribution in [2.45, 2.75) is 13.0 Å². The van der Waals surface area contributed by atoms with Gasteiger partial charge in [-0.2, -0.15) is 0 Å². The molecule has 1 fully saturated rings. The molecule has 0 saturated carbocycles. The van der Waals surface area contributed by atoms with Crippen molar-refractivity contribution in [2.24, 2.45) is 4.99 Å². The minimum atomic E-state index is -0.712. The predicted molar refractivity (Wildman–Crippen MR) is 66.9 cm³/mol. The molecule has 2 heterocycles. The van der Waals surface area contributed by atoms with Gasteiger partial charge in [-0.15, -0.1) is 0 Å². The maximum atomic E-state index is 12.1. The van der Waals surface area contributed by atoms with Gasteiger partial charge in [-0.3, -0.25) is 19.4 Å². The van der Waals surface area contributed by atoms with Crippen molar-refractivity contribution in [3.8, 4) is 0 Å². The summed E-state index contributed by atoms with van der Waals surface area (Å²) in [6.07, 6.45) is 0. The second kappa shape index (κ2) is 4.27. The summed E-state index contributed by atoms with van der Waals surface area (Å²) in [5, 5.41) is 0. The Kier molecular flexibility index (Phi) is 3.05. The highest BCUT2D eigenvalue weighted by molar-refractivity contribution is 9.18. The van der Waals surface area contributed by atoms with Crippen molar-refractivity contribution in [3.63, 3.8) is 0 Å². The Balaban J connectivity index is 2.43. The van der Waals surface area contributed by atoms with Crippen molar-refractivity contribution < 1.29 is 19.0 Å². The van der Waals surface area contributed by atoms with Crippen LogP contribution in [0.2, 0.25) is 0 Å². The van der Waals surface area contributed by atoms with E-state index in [1.54, 1.807) is 11.6 Å². The third kappa shape index (κ3) is 1.76. The number of amidine groups is 2. The number of hydrogen-bond donors (Lipinski definition) is 0. The van der Waals surface area contributed by atoms with E-state index in [0.29, 0.717) is 10.6 Å². The quantitative estimate of drug-likeness (QED) is 0.516. The Morgan fingerprint density at radius 3 is 2.56 bits per heavy atom. The Morgan fingerprint density at radius 2 is 2.00 bits per heavy atom. The first kappa shape index (κ1) is 12.9. The molecule has 8 heteroatoms. The van der Waals surface area contributed by atoms with Gasteiger partial charge in [-0.05, 0) is 11.9 Å². The zero-order chi connectivity index (χ0) is 13.6. The maximum absolute atomic E-state index is 12.1. The highest BCUT2D eigenvalue weighted by Crippen LogP contribution is 2.20. The molecule has 0 spiro atoms. The normalized spacial score (nSPS) is 23.6. The molecule has 18 heavy (non-hydrogen) atoms. The van der Waals surface area contributed by atoms with E-state index in [-0.39, 0.29) is 18.2 Å². The van der Waals surface area contributed by atoms with Crippen molar-refractivity contribution in [1.82, 2.24) is 9.80 Å². The van der Waals surface area contributed by atoms with Gasteiger partial charge in [0.15, 0.2) is 5.78 Å². The van der Waals surface area contributed by atoms with Gasteiger partial charge in [-0.1, -0.05) is 0 Å². The standard InChI is InChI=1S/C10H12BrN4O3/c1-5(16)4-15-6-7(12-9(15)11)13(2)10(18)14(3)8(6)17/h6H,4H2,1-3H3/q+1. The van der Waals surface area contributed by atoms with Crippen molar-refractivity contribution in [2.75, 3.05) is 20.6 Å². The van der Waals surface area contributed by atoms with E-state index >= 15 is 0 Å². The number of halogens is 1. The molecular weight excluding hydrogens is 304 g/mol. The molecule has 1 unspecified atom stereocenters. The van der Waals surface area contributed by atoms with E-state index in [2.05, 4.69) is 20.9 Å². The van der Waals surface area contributed by atoms with Crippen LogP contribution in [0.15, 0.2) is 4.99 Å². The fourth-order valence-corrected chi connectivity index (χ4v) is 2.48. The fraction of sp³-hybridized carbons (Fsp3) is 0.500. The molecule has 0 aromatic carbocycles. The number of carbonyl (C=O) groups is 3. The van der Waals surface area contributed by atoms with Gasteiger partial charge >= 0.3 is 10.8 Å². The van der Waals surface area contributed by atoms with E-state index < -0.39 is 12.1 Å². The number of urea groups is 1. The van der Waals surface area contributed by atoms with E-state index in [0.717, 1.165) is 4.90 Å². The van der Waals surface area contributed by atoms with Crippen LogP contribution < -0.4 is 0 Å². The van der Waals surface area contributed by atoms with Crippen molar-refractivity contribution in [1.29, 1.82) is 0 Å². The van der Waals surface area contributed by atoms with E-state index in [9.17, 15) is 14.4 Å². The molecule has 2 aliphatic rings. The smallest absolute Gasteiger partial charge is 0.296 e. The number of ketones is 1. The van der Waals surface area contributed by atoms with E-state index in [1.165, 1.54) is 18.9 Å². The van der Waals surface area contributed by atoms with Crippen LogP contribution in [0.1, 0.15) is 6.92 Å². The molecule has 96 valence electrons. The molecule has 2 rings (SSSR count).